The molecule has 2 aromatic rings. The van der Waals surface area contributed by atoms with Crippen molar-refractivity contribution in [2.75, 3.05) is 6.61 Å². The van der Waals surface area contributed by atoms with E-state index in [2.05, 4.69) is 11.8 Å². The molecule has 132 valence electrons. The van der Waals surface area contributed by atoms with Crippen molar-refractivity contribution in [1.82, 2.24) is 0 Å². The van der Waals surface area contributed by atoms with Gasteiger partial charge in [0.05, 0.1) is 6.61 Å². The number of carbonyl (C=O) groups excluding carboxylic acids is 1. The van der Waals surface area contributed by atoms with Gasteiger partial charge in [0, 0.05) is 23.5 Å². The Morgan fingerprint density at radius 2 is 1.38 bits per heavy atom. The first-order valence-corrected chi connectivity index (χ1v) is 10.0. The predicted molar refractivity (Wildman–Crippen MR) is 106 cm³/mol. The van der Waals surface area contributed by atoms with Gasteiger partial charge < -0.3 is 9.30 Å². The standard InChI is InChI=1S/C22H21O3P/c1-4-17-22(18-5-2,21(23)25-6-3)26(24,19-13-9-7-10-14-19)20-15-11-8-12-16-20/h1-2,7-16H,6,17-18H2,3H3. The maximum Gasteiger partial charge on any atom is 0.322 e. The van der Waals surface area contributed by atoms with Gasteiger partial charge in [-0.15, -0.1) is 24.7 Å². The van der Waals surface area contributed by atoms with E-state index in [0.29, 0.717) is 10.6 Å². The molecule has 0 amide bonds. The van der Waals surface area contributed by atoms with Gasteiger partial charge in [0.15, 0.2) is 12.3 Å². The van der Waals surface area contributed by atoms with Crippen LogP contribution in [0.15, 0.2) is 60.7 Å². The molecule has 0 atom stereocenters. The van der Waals surface area contributed by atoms with Crippen LogP contribution in [-0.4, -0.2) is 17.7 Å². The number of ether oxygens (including phenoxy) is 1. The molecule has 0 radical (unpaired) electrons. The Kier molecular flexibility index (Phi) is 6.46. The van der Waals surface area contributed by atoms with Gasteiger partial charge in [-0.05, 0) is 6.92 Å². The summed E-state index contributed by atoms with van der Waals surface area (Å²) in [5.41, 5.74) is 0. The van der Waals surface area contributed by atoms with Crippen molar-refractivity contribution in [3.05, 3.63) is 60.7 Å². The summed E-state index contributed by atoms with van der Waals surface area (Å²) in [6, 6.07) is 17.8. The molecule has 0 aliphatic heterocycles. The van der Waals surface area contributed by atoms with Crippen molar-refractivity contribution in [3.63, 3.8) is 0 Å². The van der Waals surface area contributed by atoms with Crippen molar-refractivity contribution in [1.29, 1.82) is 0 Å². The SMILES string of the molecule is C#CCC(CC#C)(C(=O)OCC)P(=O)(c1ccccc1)c1ccccc1. The Morgan fingerprint density at radius 3 is 1.73 bits per heavy atom. The minimum atomic E-state index is -3.54. The third-order valence-corrected chi connectivity index (χ3v) is 8.04. The van der Waals surface area contributed by atoms with Crippen molar-refractivity contribution >= 4 is 23.7 Å². The lowest BCUT2D eigenvalue weighted by atomic mass is 10.0. The molecular weight excluding hydrogens is 343 g/mol. The number of hydrogen-bond acceptors (Lipinski definition) is 3. The van der Waals surface area contributed by atoms with Crippen LogP contribution >= 0.6 is 7.14 Å². The van der Waals surface area contributed by atoms with E-state index in [-0.39, 0.29) is 19.4 Å². The number of rotatable bonds is 7. The van der Waals surface area contributed by atoms with Gasteiger partial charge >= 0.3 is 5.97 Å². The van der Waals surface area contributed by atoms with Gasteiger partial charge in [0.1, 0.15) is 0 Å². The first-order valence-electron chi connectivity index (χ1n) is 8.32. The van der Waals surface area contributed by atoms with Crippen LogP contribution in [0.1, 0.15) is 19.8 Å². The number of hydrogen-bond donors (Lipinski definition) is 0. The molecular formula is C22H21O3P. The fourth-order valence-corrected chi connectivity index (χ4v) is 6.50. The summed E-state index contributed by atoms with van der Waals surface area (Å²) in [5.74, 6) is 4.40. The zero-order chi connectivity index (χ0) is 19.0. The van der Waals surface area contributed by atoms with Crippen LogP contribution in [0.2, 0.25) is 0 Å². The molecule has 0 N–H and O–H groups in total. The predicted octanol–water partition coefficient (Wildman–Crippen LogP) is 3.35. The highest BCUT2D eigenvalue weighted by atomic mass is 31.2. The molecule has 2 aromatic carbocycles. The van der Waals surface area contributed by atoms with E-state index >= 15 is 0 Å². The van der Waals surface area contributed by atoms with Crippen LogP contribution in [-0.2, 0) is 14.1 Å². The Bertz CT molecular complexity index is 814. The van der Waals surface area contributed by atoms with E-state index in [9.17, 15) is 9.36 Å². The fraction of sp³-hybridized carbons (Fsp3) is 0.227. The maximum atomic E-state index is 14.6. The summed E-state index contributed by atoms with van der Waals surface area (Å²) in [5, 5.41) is -0.440. The van der Waals surface area contributed by atoms with E-state index in [1.165, 1.54) is 0 Å². The third kappa shape index (κ3) is 3.32. The molecule has 0 spiro atoms. The van der Waals surface area contributed by atoms with Gasteiger partial charge in [0.2, 0.25) is 0 Å². The molecule has 0 fully saturated rings. The van der Waals surface area contributed by atoms with E-state index in [1.807, 2.05) is 12.1 Å². The van der Waals surface area contributed by atoms with Gasteiger partial charge in [-0.25, -0.2) is 0 Å². The van der Waals surface area contributed by atoms with E-state index in [1.54, 1.807) is 55.5 Å². The van der Waals surface area contributed by atoms with Crippen molar-refractivity contribution < 1.29 is 14.1 Å². The van der Waals surface area contributed by atoms with Crippen LogP contribution < -0.4 is 10.6 Å². The summed E-state index contributed by atoms with van der Waals surface area (Å²) in [6.45, 7) is 1.85. The molecule has 0 heterocycles. The monoisotopic (exact) mass is 364 g/mol. The van der Waals surface area contributed by atoms with Crippen LogP contribution in [0, 0.1) is 24.7 Å². The van der Waals surface area contributed by atoms with Gasteiger partial charge in [-0.3, -0.25) is 4.79 Å². The number of carbonyl (C=O) groups is 1. The Balaban J connectivity index is 2.87. The normalized spacial score (nSPS) is 11.2. The molecule has 0 saturated heterocycles. The van der Waals surface area contributed by atoms with Crippen LogP contribution in [0.25, 0.3) is 0 Å². The van der Waals surface area contributed by atoms with Gasteiger partial charge in [-0.1, -0.05) is 60.7 Å². The maximum absolute atomic E-state index is 14.6. The third-order valence-electron chi connectivity index (χ3n) is 4.29. The van der Waals surface area contributed by atoms with Gasteiger partial charge in [-0.2, -0.15) is 0 Å². The van der Waals surface area contributed by atoms with E-state index < -0.39 is 18.3 Å². The van der Waals surface area contributed by atoms with Crippen LogP contribution in [0.3, 0.4) is 0 Å². The second-order valence-corrected chi connectivity index (χ2v) is 8.90. The summed E-state index contributed by atoms with van der Waals surface area (Å²) < 4.78 is 19.9. The molecule has 0 saturated carbocycles. The molecule has 2 rings (SSSR count). The highest BCUT2D eigenvalue weighted by Crippen LogP contribution is 2.59. The van der Waals surface area contributed by atoms with Crippen LogP contribution in [0.5, 0.6) is 0 Å². The lowest BCUT2D eigenvalue weighted by Crippen LogP contribution is -2.45. The quantitative estimate of drug-likeness (QED) is 0.430. The molecule has 0 aliphatic rings. The van der Waals surface area contributed by atoms with E-state index in [0.717, 1.165) is 0 Å². The smallest absolute Gasteiger partial charge is 0.322 e. The summed E-state index contributed by atoms with van der Waals surface area (Å²) in [6.07, 6.45) is 11.0. The van der Waals surface area contributed by atoms with Crippen molar-refractivity contribution in [2.45, 2.75) is 24.9 Å². The summed E-state index contributed by atoms with van der Waals surface area (Å²) >= 11 is 0. The topological polar surface area (TPSA) is 43.4 Å². The number of esters is 1. The minimum Gasteiger partial charge on any atom is -0.465 e. The largest absolute Gasteiger partial charge is 0.465 e. The molecule has 26 heavy (non-hydrogen) atoms. The number of benzene rings is 2. The summed E-state index contributed by atoms with van der Waals surface area (Å²) in [4.78, 5) is 13.1. The average Bonchev–Trinajstić information content (AvgIpc) is 2.68. The first kappa shape index (κ1) is 19.6. The second kappa shape index (κ2) is 8.57. The molecule has 3 nitrogen and oxygen atoms in total. The lowest BCUT2D eigenvalue weighted by Gasteiger charge is -2.37. The highest BCUT2D eigenvalue weighted by Gasteiger charge is 2.56. The highest BCUT2D eigenvalue weighted by molar-refractivity contribution is 7.81. The zero-order valence-electron chi connectivity index (χ0n) is 14.7. The van der Waals surface area contributed by atoms with E-state index in [4.69, 9.17) is 17.6 Å². The average molecular weight is 364 g/mol. The molecule has 4 heteroatoms. The number of terminal acetylenes is 2. The molecule has 0 aromatic heterocycles. The Morgan fingerprint density at radius 1 is 0.962 bits per heavy atom. The first-order chi connectivity index (χ1) is 12.6. The van der Waals surface area contributed by atoms with Crippen molar-refractivity contribution in [2.24, 2.45) is 0 Å². The summed E-state index contributed by atoms with van der Waals surface area (Å²) in [7, 11) is -3.54. The molecule has 0 aliphatic carbocycles. The second-order valence-electron chi connectivity index (χ2n) is 5.79. The molecule has 0 bridgehead atoms. The zero-order valence-corrected chi connectivity index (χ0v) is 15.6. The van der Waals surface area contributed by atoms with Gasteiger partial charge in [0.25, 0.3) is 0 Å². The van der Waals surface area contributed by atoms with Crippen molar-refractivity contribution in [3.8, 4) is 24.7 Å². The minimum absolute atomic E-state index is 0.0723. The lowest BCUT2D eigenvalue weighted by molar-refractivity contribution is -0.146. The molecule has 0 unspecified atom stereocenters. The Hall–Kier alpha value is -2.74. The Labute approximate surface area is 155 Å². The fourth-order valence-electron chi connectivity index (χ4n) is 3.08. The van der Waals surface area contributed by atoms with Crippen LogP contribution in [0.4, 0.5) is 0 Å².